The lowest BCUT2D eigenvalue weighted by molar-refractivity contribution is -1.06. The molecule has 0 radical (unpaired) electrons. The first-order chi connectivity index (χ1) is 2.80. The Kier molecular flexibility index (Phi) is 0.799. The largest absolute Gasteiger partial charge is 0.434 e. The van der Waals surface area contributed by atoms with Crippen LogP contribution in [-0.2, 0) is 0 Å². The maximum Gasteiger partial charge on any atom is 0.108 e. The Labute approximate surface area is 36.3 Å². The monoisotopic (exact) mass is 88.1 g/mol. The Morgan fingerprint density at radius 3 is 2.17 bits per heavy atom. The normalized spacial score (nSPS) is 27.0. The van der Waals surface area contributed by atoms with Crippen LogP contribution in [0.3, 0.4) is 0 Å². The molecule has 0 aromatic rings. The minimum atomic E-state index is -0.130. The Hall–Kier alpha value is -0.120. The van der Waals surface area contributed by atoms with Crippen LogP contribution in [0, 0.1) is 0 Å². The van der Waals surface area contributed by atoms with Crippen molar-refractivity contribution in [3.8, 4) is 0 Å². The van der Waals surface area contributed by atoms with E-state index >= 15 is 0 Å². The quantitative estimate of drug-likeness (QED) is 0.413. The molecule has 1 rings (SSSR count). The Balaban J connectivity index is 2.13. The van der Waals surface area contributed by atoms with Crippen molar-refractivity contribution in [2.24, 2.45) is 0 Å². The molecule has 36 valence electrons. The van der Waals surface area contributed by atoms with Crippen LogP contribution in [-0.4, -0.2) is 11.2 Å². The SMILES string of the molecule is [NH-][NH+](O)C1CC1. The van der Waals surface area contributed by atoms with Gasteiger partial charge in [0.2, 0.25) is 0 Å². The maximum atomic E-state index is 8.28. The smallest absolute Gasteiger partial charge is 0.108 e. The van der Waals surface area contributed by atoms with E-state index in [0.29, 0.717) is 0 Å². The van der Waals surface area contributed by atoms with Crippen molar-refractivity contribution < 1.29 is 10.4 Å². The maximum absolute atomic E-state index is 8.28. The number of quaternary nitrogens is 1. The van der Waals surface area contributed by atoms with Gasteiger partial charge in [-0.3, -0.25) is 5.17 Å². The van der Waals surface area contributed by atoms with Crippen molar-refractivity contribution in [1.29, 1.82) is 0 Å². The summed E-state index contributed by atoms with van der Waals surface area (Å²) in [5, 5.41) is 8.15. The number of hydrogen-bond donors (Lipinski definition) is 2. The molecule has 3 heteroatoms. The minimum absolute atomic E-state index is 0.130. The average molecular weight is 88.1 g/mol. The van der Waals surface area contributed by atoms with Gasteiger partial charge in [-0.2, -0.15) is 0 Å². The Bertz CT molecular complexity index is 50.8. The first kappa shape index (κ1) is 4.05. The second-order valence-electron chi connectivity index (χ2n) is 1.66. The van der Waals surface area contributed by atoms with E-state index in [9.17, 15) is 0 Å². The van der Waals surface area contributed by atoms with Crippen LogP contribution in [0.25, 0.3) is 5.84 Å². The van der Waals surface area contributed by atoms with E-state index < -0.39 is 0 Å². The van der Waals surface area contributed by atoms with Crippen molar-refractivity contribution in [1.82, 2.24) is 0 Å². The van der Waals surface area contributed by atoms with Gasteiger partial charge in [-0.05, 0) is 0 Å². The van der Waals surface area contributed by atoms with Gasteiger partial charge < -0.3 is 5.84 Å². The first-order valence-electron chi connectivity index (χ1n) is 2.08. The molecule has 0 aromatic heterocycles. The summed E-state index contributed by atoms with van der Waals surface area (Å²) in [6.07, 6.45) is 2.05. The third-order valence-corrected chi connectivity index (χ3v) is 0.964. The van der Waals surface area contributed by atoms with Gasteiger partial charge in [0.25, 0.3) is 0 Å². The summed E-state index contributed by atoms with van der Waals surface area (Å²) < 4.78 is 0. The third kappa shape index (κ3) is 0.680. The van der Waals surface area contributed by atoms with Crippen LogP contribution in [0.2, 0.25) is 0 Å². The topological polar surface area (TPSA) is 48.5 Å². The molecule has 1 unspecified atom stereocenters. The molecule has 0 amide bonds. The fraction of sp³-hybridized carbons (Fsp3) is 1.00. The summed E-state index contributed by atoms with van der Waals surface area (Å²) in [5.41, 5.74) is 0. The fourth-order valence-electron chi connectivity index (χ4n) is 0.357. The molecular formula is C3H8N2O. The highest BCUT2D eigenvalue weighted by molar-refractivity contribution is 4.69. The van der Waals surface area contributed by atoms with Crippen molar-refractivity contribution in [3.05, 3.63) is 5.84 Å². The lowest BCUT2D eigenvalue weighted by Gasteiger charge is -2.07. The van der Waals surface area contributed by atoms with Gasteiger partial charge in [0.15, 0.2) is 0 Å². The molecule has 0 saturated heterocycles. The number of nitrogens with one attached hydrogen (secondary N) is 2. The molecule has 0 aromatic carbocycles. The van der Waals surface area contributed by atoms with Gasteiger partial charge in [-0.15, -0.1) is 0 Å². The summed E-state index contributed by atoms with van der Waals surface area (Å²) in [6.45, 7) is 0. The van der Waals surface area contributed by atoms with Gasteiger partial charge >= 0.3 is 0 Å². The van der Waals surface area contributed by atoms with E-state index in [-0.39, 0.29) is 11.2 Å². The van der Waals surface area contributed by atoms with Crippen LogP contribution in [0.4, 0.5) is 0 Å². The van der Waals surface area contributed by atoms with Gasteiger partial charge in [-0.25, -0.2) is 5.21 Å². The average Bonchev–Trinajstić information content (AvgIpc) is 2.06. The number of rotatable bonds is 1. The molecule has 3 N–H and O–H groups in total. The van der Waals surface area contributed by atoms with Crippen LogP contribution >= 0.6 is 0 Å². The zero-order chi connectivity index (χ0) is 4.57. The van der Waals surface area contributed by atoms with E-state index in [1.807, 2.05) is 0 Å². The van der Waals surface area contributed by atoms with E-state index in [4.69, 9.17) is 11.0 Å². The third-order valence-electron chi connectivity index (χ3n) is 0.964. The zero-order valence-corrected chi connectivity index (χ0v) is 3.44. The minimum Gasteiger partial charge on any atom is -0.434 e. The molecule has 1 aliphatic rings. The lowest BCUT2D eigenvalue weighted by atomic mass is 10.8. The molecule has 3 nitrogen and oxygen atoms in total. The summed E-state index contributed by atoms with van der Waals surface area (Å²) in [5.74, 6) is 6.57. The summed E-state index contributed by atoms with van der Waals surface area (Å²) in [4.78, 5) is 0. The lowest BCUT2D eigenvalue weighted by Crippen LogP contribution is -3.04. The number of hydroxylamine groups is 1. The first-order valence-corrected chi connectivity index (χ1v) is 2.08. The predicted octanol–water partition coefficient (Wildman–Crippen LogP) is -0.610. The van der Waals surface area contributed by atoms with Gasteiger partial charge in [0.05, 0.1) is 0 Å². The second-order valence-corrected chi connectivity index (χ2v) is 1.66. The van der Waals surface area contributed by atoms with E-state index in [0.717, 1.165) is 12.8 Å². The van der Waals surface area contributed by atoms with E-state index in [1.54, 1.807) is 0 Å². The molecule has 1 fully saturated rings. The highest BCUT2D eigenvalue weighted by atomic mass is 16.5. The van der Waals surface area contributed by atoms with Crippen molar-refractivity contribution >= 4 is 0 Å². The number of hydrogen-bond acceptors (Lipinski definition) is 1. The van der Waals surface area contributed by atoms with E-state index in [2.05, 4.69) is 0 Å². The van der Waals surface area contributed by atoms with Gasteiger partial charge in [0, 0.05) is 12.8 Å². The summed E-state index contributed by atoms with van der Waals surface area (Å²) in [6, 6.07) is 0.241. The van der Waals surface area contributed by atoms with E-state index in [1.165, 1.54) is 0 Å². The van der Waals surface area contributed by atoms with Gasteiger partial charge in [0.1, 0.15) is 6.04 Å². The molecule has 0 aliphatic heterocycles. The Morgan fingerprint density at radius 1 is 1.67 bits per heavy atom. The van der Waals surface area contributed by atoms with Crippen LogP contribution in [0.1, 0.15) is 12.8 Å². The molecule has 0 spiro atoms. The summed E-state index contributed by atoms with van der Waals surface area (Å²) >= 11 is 0. The molecular weight excluding hydrogens is 80.0 g/mol. The van der Waals surface area contributed by atoms with Crippen molar-refractivity contribution in [3.63, 3.8) is 0 Å². The molecule has 1 atom stereocenters. The van der Waals surface area contributed by atoms with Gasteiger partial charge in [-0.1, -0.05) is 0 Å². The van der Waals surface area contributed by atoms with Crippen molar-refractivity contribution in [2.75, 3.05) is 0 Å². The van der Waals surface area contributed by atoms with Crippen LogP contribution < -0.4 is 5.17 Å². The Morgan fingerprint density at radius 2 is 2.17 bits per heavy atom. The van der Waals surface area contributed by atoms with Crippen molar-refractivity contribution in [2.45, 2.75) is 18.9 Å². The molecule has 6 heavy (non-hydrogen) atoms. The highest BCUT2D eigenvalue weighted by Crippen LogP contribution is 2.14. The standard InChI is InChI=1S/C3H8N2O/c4-5(6)3-1-2-3/h3-6H,1-2H2. The fourth-order valence-corrected chi connectivity index (χ4v) is 0.357. The highest BCUT2D eigenvalue weighted by Gasteiger charge is 2.27. The molecule has 1 aliphatic carbocycles. The molecule has 0 bridgehead atoms. The second kappa shape index (κ2) is 1.18. The molecule has 0 heterocycles. The summed E-state index contributed by atoms with van der Waals surface area (Å²) in [7, 11) is 0. The van der Waals surface area contributed by atoms with Crippen LogP contribution in [0.15, 0.2) is 0 Å². The van der Waals surface area contributed by atoms with Crippen LogP contribution in [0.5, 0.6) is 0 Å². The zero-order valence-electron chi connectivity index (χ0n) is 3.44. The molecule has 1 saturated carbocycles. The predicted molar refractivity (Wildman–Crippen MR) is 20.1 cm³/mol.